The second kappa shape index (κ2) is 10.9. The summed E-state index contributed by atoms with van der Waals surface area (Å²) in [5, 5.41) is 6.40. The summed E-state index contributed by atoms with van der Waals surface area (Å²) in [5.41, 5.74) is 6.24. The molecule has 0 saturated carbocycles. The highest BCUT2D eigenvalue weighted by molar-refractivity contribution is 9.10. The zero-order valence-corrected chi connectivity index (χ0v) is 20.2. The average molecular weight is 551 g/mol. The topological polar surface area (TPSA) is 107 Å². The van der Waals surface area contributed by atoms with E-state index in [2.05, 4.69) is 41.5 Å². The minimum atomic E-state index is -1.18. The Morgan fingerprint density at radius 2 is 1.89 bits per heavy atom. The summed E-state index contributed by atoms with van der Waals surface area (Å²) in [4.78, 5) is 12.7. The number of methoxy groups -OCH3 is 1. The normalized spacial score (nSPS) is 14.6. The summed E-state index contributed by atoms with van der Waals surface area (Å²) in [7, 11) is 1.54. The number of nitrogens with one attached hydrogen (secondary N) is 2. The van der Waals surface area contributed by atoms with E-state index in [0.717, 1.165) is 17.3 Å². The highest BCUT2D eigenvalue weighted by Crippen LogP contribution is 2.31. The third-order valence-electron chi connectivity index (χ3n) is 5.25. The van der Waals surface area contributed by atoms with Gasteiger partial charge in [-0.2, -0.15) is 4.98 Å². The molecular weight excluding hydrogens is 529 g/mol. The van der Waals surface area contributed by atoms with Crippen molar-refractivity contribution < 1.29 is 22.6 Å². The van der Waals surface area contributed by atoms with Crippen molar-refractivity contribution in [3.05, 3.63) is 64.0 Å². The van der Waals surface area contributed by atoms with Crippen LogP contribution in [0.15, 0.2) is 46.0 Å². The van der Waals surface area contributed by atoms with E-state index in [9.17, 15) is 13.2 Å². The monoisotopic (exact) mass is 550 g/mol. The largest absolute Gasteiger partial charge is 0.495 e. The van der Waals surface area contributed by atoms with Crippen LogP contribution in [0.4, 0.5) is 36.3 Å². The molecule has 3 aromatic rings. The number of ether oxygens (including phenoxy) is 2. The highest BCUT2D eigenvalue weighted by Gasteiger charge is 2.20. The van der Waals surface area contributed by atoms with Gasteiger partial charge in [-0.1, -0.05) is 15.9 Å². The Labute approximate surface area is 207 Å². The Hall–Kier alpha value is -3.38. The molecule has 1 aliphatic rings. The molecule has 0 unspecified atom stereocenters. The molecule has 4 N–H and O–H groups in total. The van der Waals surface area contributed by atoms with Crippen LogP contribution in [0.3, 0.4) is 0 Å². The van der Waals surface area contributed by atoms with Crippen LogP contribution in [0, 0.1) is 17.5 Å². The van der Waals surface area contributed by atoms with Gasteiger partial charge >= 0.3 is 0 Å². The average Bonchev–Trinajstić information content (AvgIpc) is 2.82. The van der Waals surface area contributed by atoms with Gasteiger partial charge in [-0.25, -0.2) is 23.1 Å². The number of nitrogens with zero attached hydrogens (tertiary/aromatic N) is 3. The van der Waals surface area contributed by atoms with E-state index in [-0.39, 0.29) is 23.4 Å². The molecular formula is C23H22BrF3N6O2. The van der Waals surface area contributed by atoms with Gasteiger partial charge in [0.2, 0.25) is 5.95 Å². The van der Waals surface area contributed by atoms with Gasteiger partial charge in [0.1, 0.15) is 28.9 Å². The number of amidine groups is 1. The first-order valence-corrected chi connectivity index (χ1v) is 11.4. The number of benzene rings is 2. The lowest BCUT2D eigenvalue weighted by atomic mass is 10.1. The third-order valence-corrected chi connectivity index (χ3v) is 5.74. The summed E-state index contributed by atoms with van der Waals surface area (Å²) < 4.78 is 53.2. The maximum Gasteiger partial charge on any atom is 0.229 e. The van der Waals surface area contributed by atoms with Crippen LogP contribution in [-0.4, -0.2) is 42.2 Å². The molecule has 0 atom stereocenters. The predicted molar refractivity (Wildman–Crippen MR) is 130 cm³/mol. The lowest BCUT2D eigenvalue weighted by Gasteiger charge is -2.25. The predicted octanol–water partition coefficient (Wildman–Crippen LogP) is 5.04. The molecule has 0 bridgehead atoms. The lowest BCUT2D eigenvalue weighted by molar-refractivity contribution is 0.0904. The van der Waals surface area contributed by atoms with Crippen molar-refractivity contribution in [1.82, 2.24) is 9.97 Å². The van der Waals surface area contributed by atoms with Crippen molar-refractivity contribution in [3.63, 3.8) is 0 Å². The molecule has 0 spiro atoms. The molecule has 184 valence electrons. The fourth-order valence-electron chi connectivity index (χ4n) is 3.50. The maximum absolute atomic E-state index is 14.1. The zero-order valence-electron chi connectivity index (χ0n) is 18.6. The van der Waals surface area contributed by atoms with Crippen molar-refractivity contribution in [3.8, 4) is 5.75 Å². The number of anilines is 3. The van der Waals surface area contributed by atoms with Gasteiger partial charge in [-0.15, -0.1) is 0 Å². The van der Waals surface area contributed by atoms with Gasteiger partial charge in [-0.3, -0.25) is 0 Å². The number of hydrogen-bond donors (Lipinski definition) is 3. The molecule has 8 nitrogen and oxygen atoms in total. The summed E-state index contributed by atoms with van der Waals surface area (Å²) in [6.07, 6.45) is 2.84. The molecule has 2 aromatic carbocycles. The van der Waals surface area contributed by atoms with Crippen LogP contribution < -0.4 is 21.1 Å². The van der Waals surface area contributed by atoms with E-state index in [4.69, 9.17) is 15.2 Å². The van der Waals surface area contributed by atoms with Gasteiger partial charge in [0.25, 0.3) is 0 Å². The molecule has 0 amide bonds. The van der Waals surface area contributed by atoms with E-state index >= 15 is 0 Å². The Morgan fingerprint density at radius 1 is 1.17 bits per heavy atom. The molecule has 0 aliphatic carbocycles. The number of hydrogen-bond acceptors (Lipinski definition) is 7. The molecule has 0 radical (unpaired) electrons. The Kier molecular flexibility index (Phi) is 7.71. The fraction of sp³-hybridized carbons (Fsp3) is 0.261. The molecule has 1 fully saturated rings. The van der Waals surface area contributed by atoms with Crippen molar-refractivity contribution in [2.24, 2.45) is 10.7 Å². The number of nitrogens with two attached hydrogens (primary N) is 1. The van der Waals surface area contributed by atoms with E-state index in [1.807, 2.05) is 6.07 Å². The first-order chi connectivity index (χ1) is 16.8. The highest BCUT2D eigenvalue weighted by atomic mass is 79.9. The molecule has 1 aliphatic heterocycles. The van der Waals surface area contributed by atoms with Crippen LogP contribution in [0.2, 0.25) is 0 Å². The zero-order chi connectivity index (χ0) is 24.9. The Balaban J connectivity index is 1.72. The molecule has 4 rings (SSSR count). The van der Waals surface area contributed by atoms with Gasteiger partial charge in [0.05, 0.1) is 18.4 Å². The second-order valence-electron chi connectivity index (χ2n) is 7.67. The standard InChI is InChI=1S/C23H22BrF3N6O2/c1-34-19-3-2-12(24)8-18(19)31-23-29-11-15(22(33-23)30-14-4-6-35-7-5-14)21(28)32-20-16(26)9-13(25)10-17(20)27/h2-3,8-11,14H,4-7H2,1H3,(H2,28,32)(H2,29,30,31,33). The van der Waals surface area contributed by atoms with Crippen LogP contribution in [0.25, 0.3) is 0 Å². The molecule has 2 heterocycles. The maximum atomic E-state index is 14.1. The summed E-state index contributed by atoms with van der Waals surface area (Å²) in [6.45, 7) is 1.15. The smallest absolute Gasteiger partial charge is 0.229 e. The van der Waals surface area contributed by atoms with E-state index in [0.29, 0.717) is 42.6 Å². The SMILES string of the molecule is COc1ccc(Br)cc1Nc1ncc(C(N)=Nc2c(F)cc(F)cc2F)c(NC2CCOCC2)n1. The quantitative estimate of drug-likeness (QED) is 0.279. The van der Waals surface area contributed by atoms with Crippen LogP contribution in [0.1, 0.15) is 18.4 Å². The second-order valence-corrected chi connectivity index (χ2v) is 8.59. The first kappa shape index (κ1) is 24.7. The van der Waals surface area contributed by atoms with Gasteiger partial charge in [-0.05, 0) is 31.0 Å². The van der Waals surface area contributed by atoms with Crippen LogP contribution in [-0.2, 0) is 4.74 Å². The van der Waals surface area contributed by atoms with Crippen LogP contribution >= 0.6 is 15.9 Å². The Morgan fingerprint density at radius 3 is 2.57 bits per heavy atom. The summed E-state index contributed by atoms with van der Waals surface area (Å²) >= 11 is 3.42. The van der Waals surface area contributed by atoms with Crippen molar-refractivity contribution >= 4 is 44.9 Å². The Bertz CT molecular complexity index is 1230. The fourth-order valence-corrected chi connectivity index (χ4v) is 3.86. The van der Waals surface area contributed by atoms with Crippen molar-refractivity contribution in [2.45, 2.75) is 18.9 Å². The third kappa shape index (κ3) is 6.01. The number of rotatable bonds is 7. The minimum Gasteiger partial charge on any atom is -0.495 e. The van der Waals surface area contributed by atoms with Gasteiger partial charge in [0.15, 0.2) is 11.6 Å². The molecule has 1 saturated heterocycles. The van der Waals surface area contributed by atoms with Gasteiger partial charge in [0, 0.05) is 42.1 Å². The molecule has 12 heteroatoms. The van der Waals surface area contributed by atoms with Crippen molar-refractivity contribution in [2.75, 3.05) is 31.0 Å². The van der Waals surface area contributed by atoms with E-state index < -0.39 is 23.1 Å². The number of aliphatic imine (C=N–C) groups is 1. The van der Waals surface area contributed by atoms with E-state index in [1.165, 1.54) is 6.20 Å². The minimum absolute atomic E-state index is 0.0257. The van der Waals surface area contributed by atoms with Crippen molar-refractivity contribution in [1.29, 1.82) is 0 Å². The summed E-state index contributed by atoms with van der Waals surface area (Å²) in [6, 6.07) is 6.50. The molecule has 35 heavy (non-hydrogen) atoms. The van der Waals surface area contributed by atoms with Gasteiger partial charge < -0.3 is 25.8 Å². The molecule has 1 aromatic heterocycles. The van der Waals surface area contributed by atoms with Crippen LogP contribution in [0.5, 0.6) is 5.75 Å². The summed E-state index contributed by atoms with van der Waals surface area (Å²) in [5.74, 6) is -2.53. The van der Waals surface area contributed by atoms with E-state index in [1.54, 1.807) is 19.2 Å². The number of aromatic nitrogens is 2. The lowest BCUT2D eigenvalue weighted by Crippen LogP contribution is -2.30. The first-order valence-electron chi connectivity index (χ1n) is 10.6. The number of halogens is 4.